The molecule has 2 aromatic rings. The lowest BCUT2D eigenvalue weighted by atomic mass is 9.95. The Hall–Kier alpha value is -2.05. The van der Waals surface area contributed by atoms with Gasteiger partial charge in [0.05, 0.1) is 5.75 Å². The molecular weight excluding hydrogens is 447 g/mol. The number of carbonyl (C=O) groups excluding carboxylic acids is 2. The highest BCUT2D eigenvalue weighted by atomic mass is 35.5. The fraction of sp³-hybridized carbons (Fsp3) is 0.440. The summed E-state index contributed by atoms with van der Waals surface area (Å²) in [5, 5.41) is 3.77. The van der Waals surface area contributed by atoms with Crippen molar-refractivity contribution in [2.24, 2.45) is 0 Å². The Morgan fingerprint density at radius 1 is 1.12 bits per heavy atom. The topological polar surface area (TPSA) is 49.4 Å². The first-order valence-corrected chi connectivity index (χ1v) is 12.6. The zero-order valence-electron chi connectivity index (χ0n) is 18.4. The quantitative estimate of drug-likeness (QED) is 0.514. The molecule has 0 radical (unpaired) electrons. The first-order chi connectivity index (χ1) is 15.4. The van der Waals surface area contributed by atoms with E-state index in [0.29, 0.717) is 16.3 Å². The third-order valence-electron chi connectivity index (χ3n) is 5.82. The van der Waals surface area contributed by atoms with Gasteiger partial charge in [0.1, 0.15) is 11.9 Å². The zero-order valence-corrected chi connectivity index (χ0v) is 19.9. The maximum absolute atomic E-state index is 14.3. The minimum absolute atomic E-state index is 0.0618. The number of hydrogen-bond donors (Lipinski definition) is 1. The van der Waals surface area contributed by atoms with Crippen molar-refractivity contribution in [3.05, 3.63) is 70.5 Å². The van der Waals surface area contributed by atoms with Gasteiger partial charge in [0.15, 0.2) is 0 Å². The van der Waals surface area contributed by atoms with Gasteiger partial charge in [0, 0.05) is 28.9 Å². The highest BCUT2D eigenvalue weighted by Gasteiger charge is 2.28. The summed E-state index contributed by atoms with van der Waals surface area (Å²) in [7, 11) is 0. The fourth-order valence-electron chi connectivity index (χ4n) is 3.88. The van der Waals surface area contributed by atoms with E-state index >= 15 is 0 Å². The molecule has 2 aromatic carbocycles. The number of halogens is 2. The average Bonchev–Trinajstić information content (AvgIpc) is 2.80. The van der Waals surface area contributed by atoms with E-state index in [4.69, 9.17) is 11.6 Å². The molecule has 172 valence electrons. The highest BCUT2D eigenvalue weighted by molar-refractivity contribution is 7.99. The predicted molar refractivity (Wildman–Crippen MR) is 129 cm³/mol. The molecule has 32 heavy (non-hydrogen) atoms. The van der Waals surface area contributed by atoms with Crippen LogP contribution in [0.25, 0.3) is 0 Å². The molecule has 1 fully saturated rings. The van der Waals surface area contributed by atoms with Crippen molar-refractivity contribution >= 4 is 35.2 Å². The lowest BCUT2D eigenvalue weighted by Gasteiger charge is -2.31. The van der Waals surface area contributed by atoms with Crippen LogP contribution < -0.4 is 5.32 Å². The van der Waals surface area contributed by atoms with Crippen molar-refractivity contribution in [2.45, 2.75) is 63.4 Å². The Bertz CT molecular complexity index is 903. The molecule has 7 heteroatoms. The van der Waals surface area contributed by atoms with Crippen LogP contribution in [0.1, 0.15) is 50.2 Å². The SMILES string of the molecule is CC(C(=O)NC1CCCCC1)N(Cc1ccccc1F)C(=O)CSCc1ccc(Cl)cc1. The van der Waals surface area contributed by atoms with Gasteiger partial charge in [0.2, 0.25) is 11.8 Å². The number of rotatable bonds is 9. The van der Waals surface area contributed by atoms with Gasteiger partial charge >= 0.3 is 0 Å². The molecule has 0 bridgehead atoms. The largest absolute Gasteiger partial charge is 0.352 e. The van der Waals surface area contributed by atoms with E-state index in [9.17, 15) is 14.0 Å². The summed E-state index contributed by atoms with van der Waals surface area (Å²) in [5.74, 6) is 0.124. The Kier molecular flexibility index (Phi) is 9.42. The van der Waals surface area contributed by atoms with Crippen molar-refractivity contribution in [1.29, 1.82) is 0 Å². The number of carbonyl (C=O) groups is 2. The Labute approximate surface area is 198 Å². The van der Waals surface area contributed by atoms with E-state index < -0.39 is 6.04 Å². The number of benzene rings is 2. The van der Waals surface area contributed by atoms with Crippen LogP contribution in [0.4, 0.5) is 4.39 Å². The zero-order chi connectivity index (χ0) is 22.9. The standard InChI is InChI=1S/C25H30ClFN2O2S/c1-18(25(31)28-22-8-3-2-4-9-22)29(15-20-7-5-6-10-23(20)27)24(30)17-32-16-19-11-13-21(26)14-12-19/h5-7,10-14,18,22H,2-4,8-9,15-17H2,1H3,(H,28,31). The number of nitrogens with zero attached hydrogens (tertiary/aromatic N) is 1. The molecule has 1 N–H and O–H groups in total. The minimum atomic E-state index is -0.680. The van der Waals surface area contributed by atoms with E-state index in [1.54, 1.807) is 25.1 Å². The molecule has 1 aliphatic carbocycles. The van der Waals surface area contributed by atoms with Gasteiger partial charge in [-0.3, -0.25) is 9.59 Å². The van der Waals surface area contributed by atoms with Gasteiger partial charge in [-0.1, -0.05) is 61.2 Å². The summed E-state index contributed by atoms with van der Waals surface area (Å²) in [6.45, 7) is 1.78. The molecule has 0 saturated heterocycles. The fourth-order valence-corrected chi connectivity index (χ4v) is 4.88. The van der Waals surface area contributed by atoms with Gasteiger partial charge < -0.3 is 10.2 Å². The average molecular weight is 477 g/mol. The van der Waals surface area contributed by atoms with Gasteiger partial charge in [-0.05, 0) is 43.5 Å². The van der Waals surface area contributed by atoms with Crippen molar-refractivity contribution in [1.82, 2.24) is 10.2 Å². The molecule has 1 unspecified atom stereocenters. The molecule has 2 amide bonds. The minimum Gasteiger partial charge on any atom is -0.352 e. The number of hydrogen-bond acceptors (Lipinski definition) is 3. The van der Waals surface area contributed by atoms with E-state index in [1.165, 1.54) is 29.1 Å². The van der Waals surface area contributed by atoms with Crippen LogP contribution in [0.15, 0.2) is 48.5 Å². The van der Waals surface area contributed by atoms with Crippen LogP contribution in [-0.2, 0) is 21.9 Å². The predicted octanol–water partition coefficient (Wildman–Crippen LogP) is 5.58. The van der Waals surface area contributed by atoms with Crippen molar-refractivity contribution in [2.75, 3.05) is 5.75 Å². The van der Waals surface area contributed by atoms with Gasteiger partial charge in [-0.2, -0.15) is 0 Å². The Morgan fingerprint density at radius 2 is 1.81 bits per heavy atom. The van der Waals surface area contributed by atoms with Crippen LogP contribution >= 0.6 is 23.4 Å². The Morgan fingerprint density at radius 3 is 2.50 bits per heavy atom. The van der Waals surface area contributed by atoms with Gasteiger partial charge in [-0.15, -0.1) is 11.8 Å². The summed E-state index contributed by atoms with van der Waals surface area (Å²) in [6, 6.07) is 13.4. The summed E-state index contributed by atoms with van der Waals surface area (Å²) in [6.07, 6.45) is 5.36. The third kappa shape index (κ3) is 7.24. The molecule has 4 nitrogen and oxygen atoms in total. The molecule has 0 heterocycles. The molecule has 1 atom stereocenters. The monoisotopic (exact) mass is 476 g/mol. The van der Waals surface area contributed by atoms with Crippen LogP contribution in [0.2, 0.25) is 5.02 Å². The summed E-state index contributed by atoms with van der Waals surface area (Å²) in [4.78, 5) is 27.6. The maximum Gasteiger partial charge on any atom is 0.242 e. The molecule has 1 aliphatic rings. The molecule has 0 spiro atoms. The summed E-state index contributed by atoms with van der Waals surface area (Å²) >= 11 is 7.39. The molecular formula is C25H30ClFN2O2S. The second-order valence-corrected chi connectivity index (χ2v) is 9.67. The highest BCUT2D eigenvalue weighted by Crippen LogP contribution is 2.20. The molecule has 3 rings (SSSR count). The molecule has 0 aliphatic heterocycles. The van der Waals surface area contributed by atoms with E-state index in [2.05, 4.69) is 5.32 Å². The van der Waals surface area contributed by atoms with E-state index in [1.807, 2.05) is 24.3 Å². The molecule has 0 aromatic heterocycles. The van der Waals surface area contributed by atoms with Gasteiger partial charge in [0.25, 0.3) is 0 Å². The van der Waals surface area contributed by atoms with Crippen molar-refractivity contribution in [3.63, 3.8) is 0 Å². The van der Waals surface area contributed by atoms with E-state index in [0.717, 1.165) is 31.2 Å². The lowest BCUT2D eigenvalue weighted by Crippen LogP contribution is -2.51. The number of nitrogens with one attached hydrogen (secondary N) is 1. The van der Waals surface area contributed by atoms with Crippen LogP contribution in [0, 0.1) is 5.82 Å². The Balaban J connectivity index is 1.65. The first-order valence-electron chi connectivity index (χ1n) is 11.1. The number of thioether (sulfide) groups is 1. The maximum atomic E-state index is 14.3. The first kappa shape index (κ1) is 24.6. The summed E-state index contributed by atoms with van der Waals surface area (Å²) in [5.41, 5.74) is 1.47. The normalized spacial score (nSPS) is 15.2. The van der Waals surface area contributed by atoms with Crippen LogP contribution in [0.5, 0.6) is 0 Å². The van der Waals surface area contributed by atoms with Gasteiger partial charge in [-0.25, -0.2) is 4.39 Å². The summed E-state index contributed by atoms with van der Waals surface area (Å²) < 4.78 is 14.3. The van der Waals surface area contributed by atoms with Crippen molar-refractivity contribution in [3.8, 4) is 0 Å². The van der Waals surface area contributed by atoms with E-state index in [-0.39, 0.29) is 36.0 Å². The van der Waals surface area contributed by atoms with Crippen LogP contribution in [-0.4, -0.2) is 34.6 Å². The third-order valence-corrected chi connectivity index (χ3v) is 7.07. The number of amides is 2. The molecule has 1 saturated carbocycles. The second-order valence-electron chi connectivity index (χ2n) is 8.25. The lowest BCUT2D eigenvalue weighted by molar-refractivity contribution is -0.139. The van der Waals surface area contributed by atoms with Crippen molar-refractivity contribution < 1.29 is 14.0 Å². The van der Waals surface area contributed by atoms with Crippen LogP contribution in [0.3, 0.4) is 0 Å². The second kappa shape index (κ2) is 12.3. The smallest absolute Gasteiger partial charge is 0.242 e.